The monoisotopic (exact) mass is 535 g/mol. The summed E-state index contributed by atoms with van der Waals surface area (Å²) in [5, 5.41) is 14.4. The van der Waals surface area contributed by atoms with Gasteiger partial charge in [0, 0.05) is 51.2 Å². The normalized spacial score (nSPS) is 16.9. The summed E-state index contributed by atoms with van der Waals surface area (Å²) in [4.78, 5) is 10.5. The van der Waals surface area contributed by atoms with Crippen molar-refractivity contribution in [2.24, 2.45) is 0 Å². The van der Waals surface area contributed by atoms with Crippen LogP contribution in [0.25, 0.3) is 11.5 Å². The second-order valence-electron chi connectivity index (χ2n) is 9.36. The van der Waals surface area contributed by atoms with E-state index in [-0.39, 0.29) is 29.4 Å². The Labute approximate surface area is 219 Å². The van der Waals surface area contributed by atoms with Crippen LogP contribution in [0.1, 0.15) is 28.5 Å². The van der Waals surface area contributed by atoms with Gasteiger partial charge in [-0.25, -0.2) is 17.8 Å². The van der Waals surface area contributed by atoms with Crippen LogP contribution in [-0.4, -0.2) is 54.0 Å². The van der Waals surface area contributed by atoms with Gasteiger partial charge in [0.15, 0.2) is 0 Å². The number of oxazole rings is 1. The molecule has 2 aliphatic heterocycles. The molecule has 9 nitrogen and oxygen atoms in total. The number of nitrogens with zero attached hydrogens (tertiary/aromatic N) is 4. The average molecular weight is 536 g/mol. The van der Waals surface area contributed by atoms with Crippen LogP contribution in [0.15, 0.2) is 76.5 Å². The molecule has 2 N–H and O–H groups in total. The molecule has 1 saturated heterocycles. The van der Waals surface area contributed by atoms with E-state index >= 15 is 0 Å². The number of anilines is 1. The highest BCUT2D eigenvalue weighted by Crippen LogP contribution is 2.33. The molecule has 1 unspecified atom stereocenters. The Kier molecular flexibility index (Phi) is 6.44. The number of benzene rings is 2. The molecule has 2 aliphatic rings. The predicted octanol–water partition coefficient (Wildman–Crippen LogP) is 3.07. The number of hydrogen-bond donors (Lipinski definition) is 2. The van der Waals surface area contributed by atoms with E-state index < -0.39 is 21.9 Å². The Morgan fingerprint density at radius 3 is 2.61 bits per heavy atom. The highest BCUT2D eigenvalue weighted by atomic mass is 32.2. The second-order valence-corrected chi connectivity index (χ2v) is 11.3. The number of aliphatic hydroxyl groups is 1. The lowest BCUT2D eigenvalue weighted by molar-refractivity contribution is 0.215. The van der Waals surface area contributed by atoms with Crippen molar-refractivity contribution in [3.63, 3.8) is 0 Å². The molecule has 11 heteroatoms. The first-order valence-corrected chi connectivity index (χ1v) is 13.7. The van der Waals surface area contributed by atoms with E-state index in [2.05, 4.69) is 20.2 Å². The van der Waals surface area contributed by atoms with Crippen LogP contribution >= 0.6 is 0 Å². The third kappa shape index (κ3) is 4.58. The quantitative estimate of drug-likeness (QED) is 0.388. The molecule has 38 heavy (non-hydrogen) atoms. The number of nitrogens with one attached hydrogen (secondary N) is 1. The first-order chi connectivity index (χ1) is 18.4. The molecule has 0 amide bonds. The molecule has 0 saturated carbocycles. The van der Waals surface area contributed by atoms with Gasteiger partial charge in [0.1, 0.15) is 18.2 Å². The standard InChI is InChI=1S/C27H26FN5O4S/c28-24-14-22(4-5-23(24)27-30-8-11-37-27)38(35,36)33-16-19-13-25(31-15-20(19)17-33)26(34)18-2-1-3-21(12-18)32-9-6-29-7-10-32/h1-5,8,11-15,26,29,34H,6-7,9-10,16-17H2. The summed E-state index contributed by atoms with van der Waals surface area (Å²) in [6, 6.07) is 13.2. The highest BCUT2D eigenvalue weighted by molar-refractivity contribution is 7.89. The molecule has 0 aliphatic carbocycles. The number of sulfonamides is 1. The van der Waals surface area contributed by atoms with Crippen molar-refractivity contribution in [1.82, 2.24) is 19.6 Å². The van der Waals surface area contributed by atoms with Crippen molar-refractivity contribution in [2.45, 2.75) is 24.1 Å². The summed E-state index contributed by atoms with van der Waals surface area (Å²) in [7, 11) is -3.98. The number of aliphatic hydroxyl groups excluding tert-OH is 1. The Bertz CT molecular complexity index is 1570. The molecule has 2 aromatic carbocycles. The Morgan fingerprint density at radius 1 is 1.03 bits per heavy atom. The summed E-state index contributed by atoms with van der Waals surface area (Å²) in [6.45, 7) is 3.83. The summed E-state index contributed by atoms with van der Waals surface area (Å²) in [5.41, 5.74) is 3.80. The van der Waals surface area contributed by atoms with Crippen LogP contribution in [0, 0.1) is 5.82 Å². The summed E-state index contributed by atoms with van der Waals surface area (Å²) in [5.74, 6) is -0.656. The number of rotatable bonds is 6. The third-order valence-corrected chi connectivity index (χ3v) is 8.77. The highest BCUT2D eigenvalue weighted by Gasteiger charge is 2.32. The lowest BCUT2D eigenvalue weighted by Gasteiger charge is -2.30. The van der Waals surface area contributed by atoms with Gasteiger partial charge >= 0.3 is 0 Å². The molecule has 1 atom stereocenters. The first kappa shape index (κ1) is 24.7. The van der Waals surface area contributed by atoms with Crippen molar-refractivity contribution < 1.29 is 22.3 Å². The molecule has 0 spiro atoms. The average Bonchev–Trinajstić information content (AvgIpc) is 3.63. The van der Waals surface area contributed by atoms with Gasteiger partial charge in [-0.05, 0) is 53.1 Å². The molecule has 2 aromatic heterocycles. The van der Waals surface area contributed by atoms with Gasteiger partial charge in [-0.1, -0.05) is 12.1 Å². The van der Waals surface area contributed by atoms with Crippen LogP contribution in [0.5, 0.6) is 0 Å². The van der Waals surface area contributed by atoms with Crippen molar-refractivity contribution in [3.8, 4) is 11.5 Å². The van der Waals surface area contributed by atoms with Crippen LogP contribution < -0.4 is 10.2 Å². The Balaban J connectivity index is 1.21. The van der Waals surface area contributed by atoms with Crippen molar-refractivity contribution >= 4 is 15.7 Å². The number of hydrogen-bond acceptors (Lipinski definition) is 8. The Hall–Kier alpha value is -3.64. The zero-order valence-corrected chi connectivity index (χ0v) is 21.2. The minimum atomic E-state index is -3.98. The SMILES string of the molecule is O=S(=O)(c1ccc(-c2ncco2)c(F)c1)N1Cc2cnc(C(O)c3cccc(N4CCNCC4)c3)cc2C1. The molecule has 196 valence electrons. The van der Waals surface area contributed by atoms with Crippen LogP contribution in [-0.2, 0) is 23.1 Å². The lowest BCUT2D eigenvalue weighted by Crippen LogP contribution is -2.43. The molecule has 4 aromatic rings. The van der Waals surface area contributed by atoms with E-state index in [9.17, 15) is 17.9 Å². The van der Waals surface area contributed by atoms with Gasteiger partial charge < -0.3 is 19.7 Å². The minimum Gasteiger partial charge on any atom is -0.444 e. The molecule has 0 bridgehead atoms. The van der Waals surface area contributed by atoms with Gasteiger partial charge in [0.05, 0.1) is 22.3 Å². The zero-order valence-electron chi connectivity index (χ0n) is 20.4. The fourth-order valence-corrected chi connectivity index (χ4v) is 6.32. The number of aromatic nitrogens is 2. The lowest BCUT2D eigenvalue weighted by atomic mass is 10.0. The maximum atomic E-state index is 14.7. The summed E-state index contributed by atoms with van der Waals surface area (Å²) >= 11 is 0. The van der Waals surface area contributed by atoms with Crippen molar-refractivity contribution in [1.29, 1.82) is 0 Å². The van der Waals surface area contributed by atoms with E-state index in [0.29, 0.717) is 5.69 Å². The van der Waals surface area contributed by atoms with Gasteiger partial charge in [0.2, 0.25) is 15.9 Å². The fourth-order valence-electron chi connectivity index (χ4n) is 4.91. The largest absolute Gasteiger partial charge is 0.444 e. The summed E-state index contributed by atoms with van der Waals surface area (Å²) in [6.07, 6.45) is 3.37. The second kappa shape index (κ2) is 9.91. The van der Waals surface area contributed by atoms with Crippen LogP contribution in [0.2, 0.25) is 0 Å². The van der Waals surface area contributed by atoms with Gasteiger partial charge in [-0.3, -0.25) is 4.98 Å². The number of fused-ring (bicyclic) bond motifs is 1. The van der Waals surface area contributed by atoms with Crippen LogP contribution in [0.4, 0.5) is 10.1 Å². The van der Waals surface area contributed by atoms with Crippen LogP contribution in [0.3, 0.4) is 0 Å². The van der Waals surface area contributed by atoms with E-state index in [4.69, 9.17) is 4.42 Å². The topological polar surface area (TPSA) is 112 Å². The molecule has 6 rings (SSSR count). The molecule has 1 fully saturated rings. The van der Waals surface area contributed by atoms with Crippen molar-refractivity contribution in [2.75, 3.05) is 31.1 Å². The Morgan fingerprint density at radius 2 is 1.84 bits per heavy atom. The third-order valence-electron chi connectivity index (χ3n) is 6.99. The molecular formula is C27H26FN5O4S. The first-order valence-electron chi connectivity index (χ1n) is 12.3. The van der Waals surface area contributed by atoms with Gasteiger partial charge in [0.25, 0.3) is 0 Å². The predicted molar refractivity (Wildman–Crippen MR) is 138 cm³/mol. The number of halogens is 1. The fraction of sp³-hybridized carbons (Fsp3) is 0.259. The maximum absolute atomic E-state index is 14.7. The number of pyridine rings is 1. The number of piperazine rings is 1. The smallest absolute Gasteiger partial charge is 0.243 e. The zero-order chi connectivity index (χ0) is 26.3. The summed E-state index contributed by atoms with van der Waals surface area (Å²) < 4.78 is 47.8. The van der Waals surface area contributed by atoms with E-state index in [0.717, 1.165) is 54.6 Å². The van der Waals surface area contributed by atoms with Gasteiger partial charge in [-0.2, -0.15) is 4.31 Å². The molecule has 0 radical (unpaired) electrons. The minimum absolute atomic E-state index is 0.0793. The van der Waals surface area contributed by atoms with Gasteiger partial charge in [-0.15, -0.1) is 0 Å². The van der Waals surface area contributed by atoms with Crippen molar-refractivity contribution in [3.05, 3.63) is 95.4 Å². The van der Waals surface area contributed by atoms with E-state index in [1.807, 2.05) is 24.3 Å². The van der Waals surface area contributed by atoms with E-state index in [1.165, 1.54) is 28.9 Å². The van der Waals surface area contributed by atoms with E-state index in [1.54, 1.807) is 12.3 Å². The maximum Gasteiger partial charge on any atom is 0.243 e. The molecule has 4 heterocycles. The molecular weight excluding hydrogens is 509 g/mol.